The number of amides is 1. The fourth-order valence-corrected chi connectivity index (χ4v) is 3.35. The van der Waals surface area contributed by atoms with Crippen molar-refractivity contribution in [2.24, 2.45) is 0 Å². The van der Waals surface area contributed by atoms with Gasteiger partial charge in [0.2, 0.25) is 0 Å². The van der Waals surface area contributed by atoms with Crippen LogP contribution in [0.5, 0.6) is 5.75 Å². The first-order chi connectivity index (χ1) is 16.2. The minimum Gasteiger partial charge on any atom is -0.496 e. The summed E-state index contributed by atoms with van der Waals surface area (Å²) in [5, 5.41) is 13.3. The molecule has 0 bridgehead atoms. The Labute approximate surface area is 199 Å². The summed E-state index contributed by atoms with van der Waals surface area (Å²) in [5.41, 5.74) is 0.935. The highest BCUT2D eigenvalue weighted by molar-refractivity contribution is 6.34. The predicted octanol–water partition coefficient (Wildman–Crippen LogP) is 5.07. The number of esters is 1. The summed E-state index contributed by atoms with van der Waals surface area (Å²) in [6, 6.07) is 14.4. The summed E-state index contributed by atoms with van der Waals surface area (Å²) >= 11 is 6.03. The van der Waals surface area contributed by atoms with Crippen LogP contribution in [0.25, 0.3) is 0 Å². The SMILES string of the molecule is COc1ccc(C(C)=O)cc1COC(=O)c1ccccc1NC(=O)c1ccc([N+](=O)[O-])cc1Cl. The minimum absolute atomic E-state index is 0.00113. The highest BCUT2D eigenvalue weighted by atomic mass is 35.5. The molecule has 3 aromatic rings. The lowest BCUT2D eigenvalue weighted by atomic mass is 10.1. The van der Waals surface area contributed by atoms with Crippen molar-refractivity contribution in [2.75, 3.05) is 12.4 Å². The van der Waals surface area contributed by atoms with Gasteiger partial charge in [0.25, 0.3) is 11.6 Å². The summed E-state index contributed by atoms with van der Waals surface area (Å²) in [6.45, 7) is 1.26. The maximum atomic E-state index is 12.8. The Morgan fingerprint density at radius 2 is 1.76 bits per heavy atom. The normalized spacial score (nSPS) is 10.3. The molecule has 0 aliphatic carbocycles. The molecule has 9 nitrogen and oxygen atoms in total. The number of para-hydroxylation sites is 1. The molecule has 10 heteroatoms. The maximum absolute atomic E-state index is 12.8. The highest BCUT2D eigenvalue weighted by Gasteiger charge is 2.19. The van der Waals surface area contributed by atoms with Gasteiger partial charge in [-0.3, -0.25) is 19.7 Å². The molecule has 34 heavy (non-hydrogen) atoms. The van der Waals surface area contributed by atoms with Crippen LogP contribution in [0.4, 0.5) is 11.4 Å². The van der Waals surface area contributed by atoms with Gasteiger partial charge in [-0.2, -0.15) is 0 Å². The molecular formula is C24H19ClN2O7. The number of hydrogen-bond donors (Lipinski definition) is 1. The Kier molecular flexibility index (Phi) is 7.60. The van der Waals surface area contributed by atoms with Crippen LogP contribution in [-0.2, 0) is 11.3 Å². The van der Waals surface area contributed by atoms with Crippen molar-refractivity contribution in [1.29, 1.82) is 0 Å². The number of nitro benzene ring substituents is 1. The Morgan fingerprint density at radius 3 is 2.41 bits per heavy atom. The molecule has 0 saturated carbocycles. The number of ketones is 1. The molecule has 0 aliphatic heterocycles. The third-order valence-corrected chi connectivity index (χ3v) is 5.16. The van der Waals surface area contributed by atoms with Gasteiger partial charge in [0.1, 0.15) is 12.4 Å². The smallest absolute Gasteiger partial charge is 0.340 e. The molecule has 3 aromatic carbocycles. The van der Waals surface area contributed by atoms with Crippen LogP contribution in [0.3, 0.4) is 0 Å². The van der Waals surface area contributed by atoms with E-state index in [4.69, 9.17) is 21.1 Å². The zero-order valence-corrected chi connectivity index (χ0v) is 18.9. The lowest BCUT2D eigenvalue weighted by Gasteiger charge is -2.13. The fraction of sp³-hybridized carbons (Fsp3) is 0.125. The number of carbonyl (C=O) groups is 3. The van der Waals surface area contributed by atoms with Gasteiger partial charge in [-0.25, -0.2) is 4.79 Å². The second-order valence-corrected chi connectivity index (χ2v) is 7.49. The number of ether oxygens (including phenoxy) is 2. The number of nitrogens with one attached hydrogen (secondary N) is 1. The van der Waals surface area contributed by atoms with Crippen molar-refractivity contribution >= 4 is 40.6 Å². The van der Waals surface area contributed by atoms with E-state index in [9.17, 15) is 24.5 Å². The first-order valence-corrected chi connectivity index (χ1v) is 10.3. The molecule has 174 valence electrons. The van der Waals surface area contributed by atoms with E-state index in [0.29, 0.717) is 16.9 Å². The number of anilines is 1. The van der Waals surface area contributed by atoms with Crippen molar-refractivity contribution in [2.45, 2.75) is 13.5 Å². The van der Waals surface area contributed by atoms with Crippen LogP contribution in [0.2, 0.25) is 5.02 Å². The van der Waals surface area contributed by atoms with Gasteiger partial charge in [0.05, 0.1) is 33.9 Å². The number of methoxy groups -OCH3 is 1. The number of Topliss-reactive ketones (excluding diaryl/α,β-unsaturated/α-hetero) is 1. The Balaban J connectivity index is 1.78. The Morgan fingerprint density at radius 1 is 1.03 bits per heavy atom. The molecule has 3 rings (SSSR count). The number of hydrogen-bond acceptors (Lipinski definition) is 7. The first-order valence-electron chi connectivity index (χ1n) is 9.90. The van der Waals surface area contributed by atoms with Gasteiger partial charge in [0.15, 0.2) is 5.78 Å². The second-order valence-electron chi connectivity index (χ2n) is 7.08. The highest BCUT2D eigenvalue weighted by Crippen LogP contribution is 2.26. The Bertz CT molecular complexity index is 1290. The third-order valence-electron chi connectivity index (χ3n) is 4.85. The van der Waals surface area contributed by atoms with E-state index in [2.05, 4.69) is 5.32 Å². The van der Waals surface area contributed by atoms with E-state index in [1.165, 1.54) is 32.2 Å². The third kappa shape index (κ3) is 5.57. The number of benzene rings is 3. The Hall–Kier alpha value is -4.24. The first kappa shape index (κ1) is 24.4. The number of nitro groups is 1. The number of rotatable bonds is 8. The van der Waals surface area contributed by atoms with E-state index in [1.807, 2.05) is 0 Å². The molecule has 0 aliphatic rings. The number of halogens is 1. The fourth-order valence-electron chi connectivity index (χ4n) is 3.09. The van der Waals surface area contributed by atoms with Gasteiger partial charge in [-0.05, 0) is 43.3 Å². The van der Waals surface area contributed by atoms with Crippen LogP contribution in [0, 0.1) is 10.1 Å². The van der Waals surface area contributed by atoms with Crippen LogP contribution in [0.1, 0.15) is 43.6 Å². The predicted molar refractivity (Wildman–Crippen MR) is 125 cm³/mol. The number of non-ortho nitro benzene ring substituents is 1. The summed E-state index contributed by atoms with van der Waals surface area (Å²) in [4.78, 5) is 47.4. The van der Waals surface area contributed by atoms with Gasteiger partial charge < -0.3 is 14.8 Å². The van der Waals surface area contributed by atoms with E-state index in [1.54, 1.807) is 30.3 Å². The molecule has 1 amide bonds. The summed E-state index contributed by atoms with van der Waals surface area (Å²) in [7, 11) is 1.46. The summed E-state index contributed by atoms with van der Waals surface area (Å²) in [5.74, 6) is -1.07. The summed E-state index contributed by atoms with van der Waals surface area (Å²) in [6.07, 6.45) is 0. The van der Waals surface area contributed by atoms with E-state index in [-0.39, 0.29) is 39.9 Å². The minimum atomic E-state index is -0.721. The molecule has 0 atom stereocenters. The topological polar surface area (TPSA) is 125 Å². The van der Waals surface area contributed by atoms with Crippen LogP contribution < -0.4 is 10.1 Å². The van der Waals surface area contributed by atoms with Crippen molar-refractivity contribution in [3.05, 3.63) is 98.1 Å². The number of carbonyl (C=O) groups excluding carboxylic acids is 3. The maximum Gasteiger partial charge on any atom is 0.340 e. The largest absolute Gasteiger partial charge is 0.496 e. The molecular weight excluding hydrogens is 464 g/mol. The van der Waals surface area contributed by atoms with E-state index in [0.717, 1.165) is 12.1 Å². The standard InChI is InChI=1S/C24H19ClN2O7/c1-14(28)15-7-10-22(33-2)16(11-15)13-34-24(30)19-5-3-4-6-21(19)26-23(29)18-9-8-17(27(31)32)12-20(18)25/h3-12H,13H2,1-2H3,(H,26,29). The molecule has 0 unspecified atom stereocenters. The van der Waals surface area contributed by atoms with Gasteiger partial charge >= 0.3 is 5.97 Å². The van der Waals surface area contributed by atoms with E-state index < -0.39 is 16.8 Å². The zero-order valence-electron chi connectivity index (χ0n) is 18.2. The van der Waals surface area contributed by atoms with Gasteiger partial charge in [-0.1, -0.05) is 23.7 Å². The summed E-state index contributed by atoms with van der Waals surface area (Å²) < 4.78 is 10.7. The zero-order chi connectivity index (χ0) is 24.8. The molecule has 0 aromatic heterocycles. The average Bonchev–Trinajstić information content (AvgIpc) is 2.82. The van der Waals surface area contributed by atoms with Crippen molar-refractivity contribution in [3.63, 3.8) is 0 Å². The van der Waals surface area contributed by atoms with Crippen LogP contribution >= 0.6 is 11.6 Å². The lowest BCUT2D eigenvalue weighted by molar-refractivity contribution is -0.384. The molecule has 0 saturated heterocycles. The lowest BCUT2D eigenvalue weighted by Crippen LogP contribution is -2.16. The van der Waals surface area contributed by atoms with Gasteiger partial charge in [-0.15, -0.1) is 0 Å². The van der Waals surface area contributed by atoms with E-state index >= 15 is 0 Å². The quantitative estimate of drug-likeness (QED) is 0.205. The molecule has 1 N–H and O–H groups in total. The average molecular weight is 483 g/mol. The van der Waals surface area contributed by atoms with Gasteiger partial charge in [0, 0.05) is 23.3 Å². The molecule has 0 heterocycles. The second kappa shape index (κ2) is 10.6. The molecule has 0 fully saturated rings. The molecule has 0 radical (unpaired) electrons. The van der Waals surface area contributed by atoms with Crippen molar-refractivity contribution < 1.29 is 28.8 Å². The van der Waals surface area contributed by atoms with Crippen molar-refractivity contribution in [3.8, 4) is 5.75 Å². The molecule has 0 spiro atoms. The van der Waals surface area contributed by atoms with Crippen LogP contribution in [-0.4, -0.2) is 29.7 Å². The monoisotopic (exact) mass is 482 g/mol. The van der Waals surface area contributed by atoms with Crippen LogP contribution in [0.15, 0.2) is 60.7 Å². The number of nitrogens with zero attached hydrogens (tertiary/aromatic N) is 1. The van der Waals surface area contributed by atoms with Crippen molar-refractivity contribution in [1.82, 2.24) is 0 Å².